The van der Waals surface area contributed by atoms with Crippen molar-refractivity contribution in [3.63, 3.8) is 0 Å². The number of likely N-dealkylation sites (tertiary alicyclic amines) is 1. The highest BCUT2D eigenvalue weighted by atomic mass is 16.1. The number of para-hydroxylation sites is 1. The zero-order valence-electron chi connectivity index (χ0n) is 12.1. The van der Waals surface area contributed by atoms with Crippen molar-refractivity contribution in [2.45, 2.75) is 19.9 Å². The van der Waals surface area contributed by atoms with E-state index in [2.05, 4.69) is 60.0 Å². The molecule has 2 aromatic rings. The van der Waals surface area contributed by atoms with Gasteiger partial charge in [0.05, 0.1) is 0 Å². The minimum absolute atomic E-state index is 0.288. The summed E-state index contributed by atoms with van der Waals surface area (Å²) in [4.78, 5) is 14.3. The Labute approximate surface area is 119 Å². The van der Waals surface area contributed by atoms with Crippen LogP contribution < -0.4 is 0 Å². The molecule has 2 heterocycles. The van der Waals surface area contributed by atoms with E-state index in [-0.39, 0.29) is 5.78 Å². The lowest BCUT2D eigenvalue weighted by Crippen LogP contribution is -2.32. The first-order chi connectivity index (χ1) is 9.69. The van der Waals surface area contributed by atoms with Crippen LogP contribution in [0.4, 0.5) is 0 Å². The van der Waals surface area contributed by atoms with Crippen LogP contribution in [0.5, 0.6) is 0 Å². The quantitative estimate of drug-likeness (QED) is 0.782. The van der Waals surface area contributed by atoms with E-state index in [0.717, 1.165) is 30.8 Å². The predicted molar refractivity (Wildman–Crippen MR) is 82.7 cm³/mol. The number of aryl methyl sites for hydroxylation is 1. The van der Waals surface area contributed by atoms with Gasteiger partial charge in [-0.1, -0.05) is 18.2 Å². The molecule has 1 fully saturated rings. The van der Waals surface area contributed by atoms with Crippen molar-refractivity contribution >= 4 is 22.8 Å². The fourth-order valence-electron chi connectivity index (χ4n) is 2.88. The van der Waals surface area contributed by atoms with E-state index in [0.29, 0.717) is 6.42 Å². The molecule has 0 aliphatic carbocycles. The summed E-state index contributed by atoms with van der Waals surface area (Å²) in [6, 6.07) is 8.38. The predicted octanol–water partition coefficient (Wildman–Crippen LogP) is 2.95. The van der Waals surface area contributed by atoms with Crippen LogP contribution in [0.2, 0.25) is 0 Å². The molecule has 0 amide bonds. The first kappa shape index (κ1) is 13.1. The fourth-order valence-corrected chi connectivity index (χ4v) is 2.88. The molecule has 1 aromatic heterocycles. The molecule has 0 atom stereocenters. The Kier molecular flexibility index (Phi) is 3.45. The Hall–Kier alpha value is -1.87. The lowest BCUT2D eigenvalue weighted by molar-refractivity contribution is -0.117. The monoisotopic (exact) mass is 268 g/mol. The smallest absolute Gasteiger partial charge is 0.161 e. The largest absolute Gasteiger partial charge is 0.347 e. The van der Waals surface area contributed by atoms with E-state index in [9.17, 15) is 4.79 Å². The summed E-state index contributed by atoms with van der Waals surface area (Å²) in [6.45, 7) is 4.71. The van der Waals surface area contributed by atoms with Crippen molar-refractivity contribution in [2.75, 3.05) is 20.1 Å². The maximum Gasteiger partial charge on any atom is 0.161 e. The Morgan fingerprint density at radius 1 is 1.30 bits per heavy atom. The van der Waals surface area contributed by atoms with Gasteiger partial charge in [0.15, 0.2) is 5.78 Å². The lowest BCUT2D eigenvalue weighted by Gasteiger charge is -2.23. The third kappa shape index (κ3) is 2.29. The topological polar surface area (TPSA) is 25.2 Å². The molecule has 3 heteroatoms. The van der Waals surface area contributed by atoms with Gasteiger partial charge in [0.2, 0.25) is 0 Å². The van der Waals surface area contributed by atoms with E-state index in [1.165, 1.54) is 10.9 Å². The Balaban J connectivity index is 2.08. The molecule has 3 nitrogen and oxygen atoms in total. The highest BCUT2D eigenvalue weighted by Crippen LogP contribution is 2.24. The van der Waals surface area contributed by atoms with Gasteiger partial charge < -0.3 is 9.47 Å². The van der Waals surface area contributed by atoms with Crippen LogP contribution in [0.15, 0.2) is 36.0 Å². The van der Waals surface area contributed by atoms with Gasteiger partial charge >= 0.3 is 0 Å². The van der Waals surface area contributed by atoms with E-state index >= 15 is 0 Å². The number of benzene rings is 1. The number of hydrogen-bond donors (Lipinski definition) is 0. The normalized spacial score (nSPS) is 19.1. The summed E-state index contributed by atoms with van der Waals surface area (Å²) < 4.78 is 2.23. The number of fused-ring (bicyclic) bond motifs is 1. The van der Waals surface area contributed by atoms with Crippen LogP contribution in [0.3, 0.4) is 0 Å². The van der Waals surface area contributed by atoms with Crippen LogP contribution in [0, 0.1) is 0 Å². The Morgan fingerprint density at radius 3 is 2.90 bits per heavy atom. The number of Topliss-reactive ketones (excluding diaryl/α,β-unsaturated/α-hetero) is 1. The van der Waals surface area contributed by atoms with Crippen LogP contribution in [-0.4, -0.2) is 35.4 Å². The van der Waals surface area contributed by atoms with E-state index < -0.39 is 0 Å². The minimum Gasteiger partial charge on any atom is -0.347 e. The second-order valence-corrected chi connectivity index (χ2v) is 5.47. The van der Waals surface area contributed by atoms with Crippen molar-refractivity contribution in [3.05, 3.63) is 41.6 Å². The first-order valence-electron chi connectivity index (χ1n) is 7.19. The van der Waals surface area contributed by atoms with Crippen LogP contribution in [0.1, 0.15) is 18.9 Å². The van der Waals surface area contributed by atoms with E-state index in [1.807, 2.05) is 0 Å². The van der Waals surface area contributed by atoms with Gasteiger partial charge in [0.1, 0.15) is 0 Å². The average molecular weight is 268 g/mol. The van der Waals surface area contributed by atoms with Gasteiger partial charge in [-0.05, 0) is 26.1 Å². The SMILES string of the molecule is CCn1cc(/C=C2\CN(C)CCC2=O)c2ccccc21. The van der Waals surface area contributed by atoms with Gasteiger partial charge in [-0.2, -0.15) is 0 Å². The molecule has 1 aliphatic rings. The molecule has 0 radical (unpaired) electrons. The van der Waals surface area contributed by atoms with Crippen molar-refractivity contribution in [2.24, 2.45) is 0 Å². The van der Waals surface area contributed by atoms with Crippen molar-refractivity contribution < 1.29 is 4.79 Å². The Bertz CT molecular complexity index is 681. The number of ketones is 1. The standard InChI is InChI=1S/C17H20N2O/c1-3-19-12-13(15-6-4-5-7-16(15)19)10-14-11-18(2)9-8-17(14)20/h4-7,10,12H,3,8-9,11H2,1-2H3/b14-10+. The molecule has 3 rings (SSSR count). The van der Waals surface area contributed by atoms with Gasteiger partial charge in [-0.3, -0.25) is 4.79 Å². The molecule has 20 heavy (non-hydrogen) atoms. The van der Waals surface area contributed by atoms with Gasteiger partial charge in [0, 0.05) is 54.3 Å². The van der Waals surface area contributed by atoms with Crippen LogP contribution >= 0.6 is 0 Å². The third-order valence-electron chi connectivity index (χ3n) is 4.01. The summed E-state index contributed by atoms with van der Waals surface area (Å²) in [7, 11) is 2.07. The summed E-state index contributed by atoms with van der Waals surface area (Å²) in [6.07, 6.45) is 4.86. The number of piperidine rings is 1. The molecular formula is C17H20N2O. The summed E-state index contributed by atoms with van der Waals surface area (Å²) in [5, 5.41) is 1.22. The number of carbonyl (C=O) groups excluding carboxylic acids is 1. The maximum atomic E-state index is 12.1. The summed E-state index contributed by atoms with van der Waals surface area (Å²) in [5.74, 6) is 0.288. The second kappa shape index (κ2) is 5.25. The van der Waals surface area contributed by atoms with Gasteiger partial charge in [-0.15, -0.1) is 0 Å². The number of likely N-dealkylation sites (N-methyl/N-ethyl adjacent to an activating group) is 1. The molecule has 1 aromatic carbocycles. The summed E-state index contributed by atoms with van der Waals surface area (Å²) in [5.41, 5.74) is 3.32. The van der Waals surface area contributed by atoms with Crippen LogP contribution in [-0.2, 0) is 11.3 Å². The Morgan fingerprint density at radius 2 is 2.10 bits per heavy atom. The zero-order chi connectivity index (χ0) is 14.1. The molecule has 0 bridgehead atoms. The van der Waals surface area contributed by atoms with Crippen molar-refractivity contribution in [3.8, 4) is 0 Å². The third-order valence-corrected chi connectivity index (χ3v) is 4.01. The zero-order valence-corrected chi connectivity index (χ0v) is 12.1. The number of hydrogen-bond acceptors (Lipinski definition) is 2. The van der Waals surface area contributed by atoms with Gasteiger partial charge in [-0.25, -0.2) is 0 Å². The van der Waals surface area contributed by atoms with Crippen LogP contribution in [0.25, 0.3) is 17.0 Å². The second-order valence-electron chi connectivity index (χ2n) is 5.47. The molecule has 1 saturated heterocycles. The maximum absolute atomic E-state index is 12.1. The first-order valence-corrected chi connectivity index (χ1v) is 7.19. The van der Waals surface area contributed by atoms with Gasteiger partial charge in [0.25, 0.3) is 0 Å². The van der Waals surface area contributed by atoms with Crippen molar-refractivity contribution in [1.29, 1.82) is 0 Å². The molecule has 0 spiro atoms. The summed E-state index contributed by atoms with van der Waals surface area (Å²) >= 11 is 0. The number of aromatic nitrogens is 1. The number of nitrogens with zero attached hydrogens (tertiary/aromatic N) is 2. The number of carbonyl (C=O) groups is 1. The fraction of sp³-hybridized carbons (Fsp3) is 0.353. The minimum atomic E-state index is 0.288. The van der Waals surface area contributed by atoms with Crippen molar-refractivity contribution in [1.82, 2.24) is 9.47 Å². The molecule has 0 unspecified atom stereocenters. The highest BCUT2D eigenvalue weighted by Gasteiger charge is 2.19. The van der Waals surface area contributed by atoms with E-state index in [4.69, 9.17) is 0 Å². The molecular weight excluding hydrogens is 248 g/mol. The average Bonchev–Trinajstić information content (AvgIpc) is 2.81. The molecule has 0 saturated carbocycles. The molecule has 104 valence electrons. The highest BCUT2D eigenvalue weighted by molar-refractivity contribution is 6.03. The van der Waals surface area contributed by atoms with E-state index in [1.54, 1.807) is 0 Å². The molecule has 0 N–H and O–H groups in total. The lowest BCUT2D eigenvalue weighted by atomic mass is 10.0. The molecule has 1 aliphatic heterocycles. The number of rotatable bonds is 2.